The molecule has 0 aromatic carbocycles. The lowest BCUT2D eigenvalue weighted by molar-refractivity contribution is 0.100. The summed E-state index contributed by atoms with van der Waals surface area (Å²) in [6.07, 6.45) is 0.873. The van der Waals surface area contributed by atoms with Crippen LogP contribution in [0, 0.1) is 13.8 Å². The summed E-state index contributed by atoms with van der Waals surface area (Å²) in [6, 6.07) is 2.04. The molecule has 2 heterocycles. The van der Waals surface area contributed by atoms with Gasteiger partial charge in [-0.15, -0.1) is 0 Å². The molecule has 0 saturated carbocycles. The Balaban J connectivity index is 1.88. The van der Waals surface area contributed by atoms with E-state index in [2.05, 4.69) is 14.8 Å². The fourth-order valence-corrected chi connectivity index (χ4v) is 2.74. The summed E-state index contributed by atoms with van der Waals surface area (Å²) in [7, 11) is 0. The summed E-state index contributed by atoms with van der Waals surface area (Å²) < 4.78 is 5.90. The van der Waals surface area contributed by atoms with Crippen molar-refractivity contribution in [1.29, 1.82) is 0 Å². The largest absolute Gasteiger partial charge is 0.382 e. The van der Waals surface area contributed by atoms with Crippen LogP contribution in [0.3, 0.4) is 0 Å². The molecule has 0 aliphatic rings. The highest BCUT2D eigenvalue weighted by molar-refractivity contribution is 7.11. The van der Waals surface area contributed by atoms with Gasteiger partial charge in [0.15, 0.2) is 5.82 Å². The fraction of sp³-hybridized carbons (Fsp3) is 0.417. The number of aromatic nitrogens is 3. The van der Waals surface area contributed by atoms with Gasteiger partial charge in [0.25, 0.3) is 5.91 Å². The summed E-state index contributed by atoms with van der Waals surface area (Å²) in [5, 5.41) is 8.16. The third kappa shape index (κ3) is 3.08. The number of nitrogens with two attached hydrogens (primary N) is 2. The van der Waals surface area contributed by atoms with Gasteiger partial charge >= 0.3 is 0 Å². The van der Waals surface area contributed by atoms with E-state index in [0.29, 0.717) is 11.5 Å². The second kappa shape index (κ2) is 5.91. The Morgan fingerprint density at radius 1 is 1.50 bits per heavy atom. The number of aryl methyl sites for hydroxylation is 3. The van der Waals surface area contributed by atoms with Crippen LogP contribution in [0.2, 0.25) is 0 Å². The quantitative estimate of drug-likeness (QED) is 0.692. The molecule has 2 rings (SSSR count). The molecule has 0 atom stereocenters. The number of anilines is 2. The van der Waals surface area contributed by atoms with Gasteiger partial charge in [0.05, 0.1) is 5.69 Å². The van der Waals surface area contributed by atoms with Crippen molar-refractivity contribution in [2.75, 3.05) is 17.6 Å². The first-order chi connectivity index (χ1) is 9.49. The maximum absolute atomic E-state index is 11.3. The van der Waals surface area contributed by atoms with Crippen molar-refractivity contribution in [1.82, 2.24) is 14.2 Å². The Kier molecular flexibility index (Phi) is 4.23. The number of nitrogen functional groups attached to an aromatic ring is 1. The minimum absolute atomic E-state index is 0.184. The Labute approximate surface area is 121 Å². The highest BCUT2D eigenvalue weighted by Gasteiger charge is 2.16. The number of hydrogen-bond donors (Lipinski definition) is 3. The number of hydrogen-bond acceptors (Lipinski definition) is 6. The lowest BCUT2D eigenvalue weighted by Crippen LogP contribution is -2.15. The fourth-order valence-electron chi connectivity index (χ4n) is 1.99. The van der Waals surface area contributed by atoms with E-state index in [1.165, 1.54) is 0 Å². The highest BCUT2D eigenvalue weighted by atomic mass is 32.1. The third-order valence-corrected chi connectivity index (χ3v) is 3.72. The van der Waals surface area contributed by atoms with Crippen LogP contribution in [0.25, 0.3) is 0 Å². The van der Waals surface area contributed by atoms with E-state index in [0.717, 1.165) is 35.9 Å². The first-order valence-corrected chi connectivity index (χ1v) is 7.06. The molecule has 0 aliphatic carbocycles. The van der Waals surface area contributed by atoms with E-state index in [1.54, 1.807) is 0 Å². The Morgan fingerprint density at radius 3 is 2.85 bits per heavy atom. The average molecular weight is 294 g/mol. The molecule has 0 unspecified atom stereocenters. The predicted molar refractivity (Wildman–Crippen MR) is 79.9 cm³/mol. The molecule has 108 valence electrons. The van der Waals surface area contributed by atoms with Gasteiger partial charge < -0.3 is 16.8 Å². The van der Waals surface area contributed by atoms with E-state index in [1.807, 2.05) is 24.6 Å². The van der Waals surface area contributed by atoms with Gasteiger partial charge in [-0.1, -0.05) is 0 Å². The van der Waals surface area contributed by atoms with Crippen LogP contribution in [-0.2, 0) is 6.54 Å². The van der Waals surface area contributed by atoms with E-state index >= 15 is 0 Å². The standard InChI is InChI=1S/C12H18N6OS/c1-7-6-8(2)18(16-7)5-3-4-15-12-9(11(14)19)10(13)17-20-12/h6,15H,3-5H2,1-2H3,(H2,13,17)(H2,14,19). The Hall–Kier alpha value is -2.09. The zero-order chi connectivity index (χ0) is 14.7. The van der Waals surface area contributed by atoms with Crippen LogP contribution in [0.5, 0.6) is 0 Å². The summed E-state index contributed by atoms with van der Waals surface area (Å²) in [5.74, 6) is -0.374. The molecule has 0 radical (unpaired) electrons. The SMILES string of the molecule is Cc1cc(C)n(CCCNc2snc(N)c2C(N)=O)n1. The predicted octanol–water partition coefficient (Wildman–Crippen LogP) is 1.14. The van der Waals surface area contributed by atoms with Gasteiger partial charge in [-0.2, -0.15) is 9.47 Å². The van der Waals surface area contributed by atoms with Gasteiger partial charge in [-0.3, -0.25) is 9.48 Å². The molecule has 5 N–H and O–H groups in total. The van der Waals surface area contributed by atoms with Gasteiger partial charge in [-0.05, 0) is 37.9 Å². The number of nitrogens with one attached hydrogen (secondary N) is 1. The van der Waals surface area contributed by atoms with Crippen LogP contribution < -0.4 is 16.8 Å². The first-order valence-electron chi connectivity index (χ1n) is 6.29. The van der Waals surface area contributed by atoms with Crippen molar-refractivity contribution < 1.29 is 4.79 Å². The topological polar surface area (TPSA) is 112 Å². The maximum atomic E-state index is 11.3. The number of rotatable bonds is 6. The van der Waals surface area contributed by atoms with E-state index in [9.17, 15) is 4.79 Å². The molecule has 0 bridgehead atoms. The van der Waals surface area contributed by atoms with Gasteiger partial charge in [0.1, 0.15) is 10.6 Å². The van der Waals surface area contributed by atoms with Crippen molar-refractivity contribution >= 4 is 28.3 Å². The van der Waals surface area contributed by atoms with Crippen LogP contribution in [0.15, 0.2) is 6.07 Å². The van der Waals surface area contributed by atoms with Crippen LogP contribution in [-0.4, -0.2) is 26.6 Å². The number of primary amides is 1. The summed E-state index contributed by atoms with van der Waals surface area (Å²) in [6.45, 7) is 5.51. The zero-order valence-corrected chi connectivity index (χ0v) is 12.3. The molecule has 2 aromatic heterocycles. The molecule has 0 aliphatic heterocycles. The molecule has 0 saturated heterocycles. The number of carbonyl (C=O) groups excluding carboxylic acids is 1. The Bertz CT molecular complexity index is 617. The molecule has 0 fully saturated rings. The van der Waals surface area contributed by atoms with E-state index < -0.39 is 5.91 Å². The zero-order valence-electron chi connectivity index (χ0n) is 11.5. The second-order valence-electron chi connectivity index (χ2n) is 4.57. The van der Waals surface area contributed by atoms with Crippen molar-refractivity contribution in [2.24, 2.45) is 5.73 Å². The molecular formula is C12H18N6OS. The smallest absolute Gasteiger partial charge is 0.255 e. The molecule has 0 spiro atoms. The Morgan fingerprint density at radius 2 is 2.25 bits per heavy atom. The monoisotopic (exact) mass is 294 g/mol. The first kappa shape index (κ1) is 14.3. The van der Waals surface area contributed by atoms with Crippen LogP contribution in [0.4, 0.5) is 10.8 Å². The van der Waals surface area contributed by atoms with Gasteiger partial charge in [0, 0.05) is 18.8 Å². The average Bonchev–Trinajstić information content (AvgIpc) is 2.88. The molecule has 7 nitrogen and oxygen atoms in total. The number of amides is 1. The number of carbonyl (C=O) groups is 1. The van der Waals surface area contributed by atoms with Crippen molar-refractivity contribution in [3.63, 3.8) is 0 Å². The van der Waals surface area contributed by atoms with Gasteiger partial charge in [0.2, 0.25) is 0 Å². The molecule has 8 heteroatoms. The van der Waals surface area contributed by atoms with E-state index in [4.69, 9.17) is 11.5 Å². The van der Waals surface area contributed by atoms with Crippen molar-refractivity contribution in [3.05, 3.63) is 23.0 Å². The summed E-state index contributed by atoms with van der Waals surface area (Å²) in [5.41, 5.74) is 13.3. The van der Waals surface area contributed by atoms with Crippen LogP contribution >= 0.6 is 11.5 Å². The normalized spacial score (nSPS) is 10.7. The molecule has 2 aromatic rings. The highest BCUT2D eigenvalue weighted by Crippen LogP contribution is 2.25. The van der Waals surface area contributed by atoms with Crippen molar-refractivity contribution in [2.45, 2.75) is 26.8 Å². The minimum atomic E-state index is -0.558. The van der Waals surface area contributed by atoms with E-state index in [-0.39, 0.29) is 11.4 Å². The second-order valence-corrected chi connectivity index (χ2v) is 5.34. The maximum Gasteiger partial charge on any atom is 0.255 e. The molecule has 1 amide bonds. The third-order valence-electron chi connectivity index (χ3n) is 2.90. The minimum Gasteiger partial charge on any atom is -0.382 e. The van der Waals surface area contributed by atoms with Crippen molar-refractivity contribution in [3.8, 4) is 0 Å². The van der Waals surface area contributed by atoms with Gasteiger partial charge in [-0.25, -0.2) is 0 Å². The number of nitrogens with zero attached hydrogens (tertiary/aromatic N) is 3. The lowest BCUT2D eigenvalue weighted by atomic mass is 10.3. The molecule has 20 heavy (non-hydrogen) atoms. The lowest BCUT2D eigenvalue weighted by Gasteiger charge is -2.06. The van der Waals surface area contributed by atoms with Crippen LogP contribution in [0.1, 0.15) is 28.2 Å². The molecular weight excluding hydrogens is 276 g/mol. The summed E-state index contributed by atoms with van der Waals surface area (Å²) >= 11 is 1.15. The summed E-state index contributed by atoms with van der Waals surface area (Å²) in [4.78, 5) is 11.3.